The van der Waals surface area contributed by atoms with Gasteiger partial charge in [-0.2, -0.15) is 0 Å². The highest BCUT2D eigenvalue weighted by molar-refractivity contribution is 5.32. The van der Waals surface area contributed by atoms with E-state index in [0.717, 1.165) is 0 Å². The number of hydrogen-bond acceptors (Lipinski definition) is 4. The zero-order valence-corrected chi connectivity index (χ0v) is 8.81. The smallest absolute Gasteiger partial charge is 0.310 e. The van der Waals surface area contributed by atoms with Crippen LogP contribution in [0.2, 0.25) is 0 Å². The average molecular weight is 212 g/mol. The summed E-state index contributed by atoms with van der Waals surface area (Å²) < 4.78 is 0. The summed E-state index contributed by atoms with van der Waals surface area (Å²) >= 11 is 0. The molecule has 1 aromatic carbocycles. The summed E-state index contributed by atoms with van der Waals surface area (Å²) in [7, 11) is 0. The third kappa shape index (κ3) is 2.03. The molecule has 0 bridgehead atoms. The van der Waals surface area contributed by atoms with Gasteiger partial charge in [-0.05, 0) is 24.5 Å². The third-order valence-corrected chi connectivity index (χ3v) is 2.66. The van der Waals surface area contributed by atoms with E-state index < -0.39 is 11.6 Å². The van der Waals surface area contributed by atoms with Gasteiger partial charge < -0.3 is 20.4 Å². The van der Waals surface area contributed by atoms with Crippen molar-refractivity contribution in [3.05, 3.63) is 35.4 Å². The van der Waals surface area contributed by atoms with E-state index in [1.54, 1.807) is 38.1 Å². The Morgan fingerprint density at radius 3 is 2.00 bits per heavy atom. The molecular formula is C11H16O4. The van der Waals surface area contributed by atoms with E-state index >= 15 is 0 Å². The van der Waals surface area contributed by atoms with Crippen LogP contribution >= 0.6 is 0 Å². The Balaban J connectivity index is 3.30. The van der Waals surface area contributed by atoms with Gasteiger partial charge >= 0.3 is 5.97 Å². The maximum Gasteiger partial charge on any atom is 0.310 e. The van der Waals surface area contributed by atoms with Crippen molar-refractivity contribution >= 4 is 0 Å². The van der Waals surface area contributed by atoms with Crippen LogP contribution < -0.4 is 0 Å². The zero-order chi connectivity index (χ0) is 11.7. The molecule has 0 saturated carbocycles. The van der Waals surface area contributed by atoms with E-state index in [2.05, 4.69) is 0 Å². The van der Waals surface area contributed by atoms with Gasteiger partial charge in [-0.25, -0.2) is 0 Å². The number of rotatable bonds is 3. The van der Waals surface area contributed by atoms with Crippen LogP contribution in [-0.2, 0) is 5.60 Å². The Labute approximate surface area is 88.4 Å². The van der Waals surface area contributed by atoms with Gasteiger partial charge in [0.05, 0.1) is 0 Å². The summed E-state index contributed by atoms with van der Waals surface area (Å²) in [5, 5.41) is 37.6. The molecule has 0 fully saturated rings. The molecule has 0 radical (unpaired) electrons. The molecule has 0 amide bonds. The number of aliphatic hydroxyl groups is 4. The first kappa shape index (κ1) is 12.1. The maximum absolute atomic E-state index is 10.1. The predicted octanol–water partition coefficient (Wildman–Crippen LogP) is 0.223. The number of hydrogen-bond donors (Lipinski definition) is 4. The second-order valence-electron chi connectivity index (χ2n) is 3.66. The summed E-state index contributed by atoms with van der Waals surface area (Å²) in [5.74, 6) is -3.14. The highest BCUT2D eigenvalue weighted by atomic mass is 16.7. The third-order valence-electron chi connectivity index (χ3n) is 2.66. The fourth-order valence-corrected chi connectivity index (χ4v) is 1.65. The first-order chi connectivity index (χ1) is 6.83. The van der Waals surface area contributed by atoms with Gasteiger partial charge in [0.15, 0.2) is 5.60 Å². The second-order valence-corrected chi connectivity index (χ2v) is 3.66. The first-order valence-electron chi connectivity index (χ1n) is 4.78. The lowest BCUT2D eigenvalue weighted by atomic mass is 9.86. The fourth-order valence-electron chi connectivity index (χ4n) is 1.65. The standard InChI is InChI=1S/C11H16O4/c1-3-10(12,11(13,14)15)9-7-5-4-6-8(9)2/h4-7,12-15H,3H2,1-2H3. The lowest BCUT2D eigenvalue weighted by Crippen LogP contribution is -2.51. The summed E-state index contributed by atoms with van der Waals surface area (Å²) in [5.41, 5.74) is -1.08. The minimum atomic E-state index is -3.14. The number of benzene rings is 1. The number of aryl methyl sites for hydroxylation is 1. The Kier molecular flexibility index (Phi) is 3.16. The minimum absolute atomic E-state index is 0.0125. The van der Waals surface area contributed by atoms with Crippen LogP contribution in [0.5, 0.6) is 0 Å². The lowest BCUT2D eigenvalue weighted by molar-refractivity contribution is -0.397. The molecule has 1 aromatic rings. The molecule has 0 aliphatic heterocycles. The van der Waals surface area contributed by atoms with Crippen molar-refractivity contribution in [2.75, 3.05) is 0 Å². The summed E-state index contributed by atoms with van der Waals surface area (Å²) in [4.78, 5) is 0. The topological polar surface area (TPSA) is 80.9 Å². The predicted molar refractivity (Wildman–Crippen MR) is 54.8 cm³/mol. The molecule has 0 aromatic heterocycles. The minimum Gasteiger partial charge on any atom is -0.377 e. The summed E-state index contributed by atoms with van der Waals surface area (Å²) in [6.45, 7) is 3.28. The van der Waals surface area contributed by atoms with Crippen molar-refractivity contribution in [1.29, 1.82) is 0 Å². The van der Waals surface area contributed by atoms with Gasteiger partial charge in [-0.15, -0.1) is 0 Å². The largest absolute Gasteiger partial charge is 0.377 e. The molecule has 0 spiro atoms. The van der Waals surface area contributed by atoms with E-state index in [9.17, 15) is 20.4 Å². The van der Waals surface area contributed by atoms with Crippen LogP contribution in [0.25, 0.3) is 0 Å². The van der Waals surface area contributed by atoms with Crippen molar-refractivity contribution in [2.24, 2.45) is 0 Å². The highest BCUT2D eigenvalue weighted by Gasteiger charge is 2.48. The van der Waals surface area contributed by atoms with E-state index in [1.807, 2.05) is 0 Å². The van der Waals surface area contributed by atoms with E-state index in [0.29, 0.717) is 11.1 Å². The molecule has 4 nitrogen and oxygen atoms in total. The van der Waals surface area contributed by atoms with Gasteiger partial charge in [0.25, 0.3) is 0 Å². The van der Waals surface area contributed by atoms with Crippen LogP contribution in [0.4, 0.5) is 0 Å². The molecule has 0 aliphatic carbocycles. The quantitative estimate of drug-likeness (QED) is 0.540. The molecule has 15 heavy (non-hydrogen) atoms. The molecule has 0 heterocycles. The van der Waals surface area contributed by atoms with Crippen molar-refractivity contribution < 1.29 is 20.4 Å². The molecular weight excluding hydrogens is 196 g/mol. The molecule has 0 aliphatic rings. The van der Waals surface area contributed by atoms with Crippen molar-refractivity contribution in [3.8, 4) is 0 Å². The van der Waals surface area contributed by atoms with Crippen molar-refractivity contribution in [1.82, 2.24) is 0 Å². The normalized spacial score (nSPS) is 16.1. The molecule has 1 rings (SSSR count). The summed E-state index contributed by atoms with van der Waals surface area (Å²) in [6, 6.07) is 6.70. The second kappa shape index (κ2) is 3.90. The average Bonchev–Trinajstić information content (AvgIpc) is 2.15. The van der Waals surface area contributed by atoms with Crippen LogP contribution in [0.1, 0.15) is 24.5 Å². The van der Waals surface area contributed by atoms with E-state index in [1.165, 1.54) is 0 Å². The first-order valence-corrected chi connectivity index (χ1v) is 4.78. The van der Waals surface area contributed by atoms with Gasteiger partial charge in [-0.1, -0.05) is 31.2 Å². The lowest BCUT2D eigenvalue weighted by Gasteiger charge is -2.35. The Morgan fingerprint density at radius 2 is 1.60 bits per heavy atom. The maximum atomic E-state index is 10.1. The highest BCUT2D eigenvalue weighted by Crippen LogP contribution is 2.34. The van der Waals surface area contributed by atoms with E-state index in [-0.39, 0.29) is 6.42 Å². The fraction of sp³-hybridized carbons (Fsp3) is 0.455. The van der Waals surface area contributed by atoms with Crippen LogP contribution in [0.15, 0.2) is 24.3 Å². The van der Waals surface area contributed by atoms with Gasteiger partial charge in [0.2, 0.25) is 0 Å². The SMILES string of the molecule is CCC(O)(c1ccccc1C)C(O)(O)O. The Hall–Kier alpha value is -0.940. The molecule has 4 heteroatoms. The van der Waals surface area contributed by atoms with Crippen molar-refractivity contribution in [2.45, 2.75) is 31.8 Å². The molecule has 84 valence electrons. The van der Waals surface area contributed by atoms with Crippen LogP contribution in [-0.4, -0.2) is 26.4 Å². The van der Waals surface area contributed by atoms with Gasteiger partial charge in [0, 0.05) is 0 Å². The van der Waals surface area contributed by atoms with Crippen LogP contribution in [0, 0.1) is 6.92 Å². The zero-order valence-electron chi connectivity index (χ0n) is 8.81. The van der Waals surface area contributed by atoms with Crippen LogP contribution in [0.3, 0.4) is 0 Å². The van der Waals surface area contributed by atoms with Gasteiger partial charge in [0.1, 0.15) is 0 Å². The van der Waals surface area contributed by atoms with Crippen molar-refractivity contribution in [3.63, 3.8) is 0 Å². The Morgan fingerprint density at radius 1 is 1.07 bits per heavy atom. The molecule has 1 atom stereocenters. The van der Waals surface area contributed by atoms with E-state index in [4.69, 9.17) is 0 Å². The van der Waals surface area contributed by atoms with Gasteiger partial charge in [-0.3, -0.25) is 0 Å². The summed E-state index contributed by atoms with van der Waals surface area (Å²) in [6.07, 6.45) is -0.0125. The monoisotopic (exact) mass is 212 g/mol. The molecule has 0 saturated heterocycles. The Bertz CT molecular complexity index is 343. The molecule has 1 unspecified atom stereocenters. The molecule has 4 N–H and O–H groups in total.